The molecule has 0 radical (unpaired) electrons. The van der Waals surface area contributed by atoms with E-state index in [-0.39, 0.29) is 35.0 Å². The Labute approximate surface area is 194 Å². The molecule has 1 saturated heterocycles. The van der Waals surface area contributed by atoms with Crippen LogP contribution < -0.4 is 0 Å². The highest BCUT2D eigenvalue weighted by molar-refractivity contribution is 7.15. The van der Waals surface area contributed by atoms with Gasteiger partial charge in [0.1, 0.15) is 5.01 Å². The van der Waals surface area contributed by atoms with Crippen LogP contribution in [-0.4, -0.2) is 53.3 Å². The Morgan fingerprint density at radius 2 is 2.00 bits per heavy atom. The smallest absolute Gasteiger partial charge is 0.225 e. The van der Waals surface area contributed by atoms with E-state index >= 15 is 0 Å². The summed E-state index contributed by atoms with van der Waals surface area (Å²) in [7, 11) is 0. The number of hydrogen-bond acceptors (Lipinski definition) is 5. The zero-order valence-electron chi connectivity index (χ0n) is 19.3. The topological polar surface area (TPSA) is 62.7 Å². The molecule has 0 bridgehead atoms. The number of amides is 1. The van der Waals surface area contributed by atoms with E-state index in [0.717, 1.165) is 35.5 Å². The number of morpholine rings is 1. The molecule has 1 N–H and O–H groups in total. The third kappa shape index (κ3) is 3.70. The number of hydrogen-bond donors (Lipinski definition) is 1. The first-order valence-electron chi connectivity index (χ1n) is 12.0. The van der Waals surface area contributed by atoms with Crippen LogP contribution >= 0.6 is 11.3 Å². The van der Waals surface area contributed by atoms with Gasteiger partial charge in [0.05, 0.1) is 25.0 Å². The Kier molecular flexibility index (Phi) is 5.89. The second kappa shape index (κ2) is 8.54. The van der Waals surface area contributed by atoms with Gasteiger partial charge >= 0.3 is 0 Å². The van der Waals surface area contributed by atoms with E-state index in [0.29, 0.717) is 26.3 Å². The van der Waals surface area contributed by atoms with Crippen LogP contribution in [0.25, 0.3) is 10.6 Å². The Morgan fingerprint density at radius 3 is 2.72 bits per heavy atom. The molecular formula is C26H34N2O3S. The average molecular weight is 455 g/mol. The SMILES string of the molecule is C[C@H](C(=O)N1CCOCC1)[C@H]1CC[C@]2(C)Cc3sc(-c4ccccc4)nc3[C@H](C)[C@@H]2[C@H]1O. The Bertz CT molecular complexity index is 971. The zero-order chi connectivity index (χ0) is 22.5. The Balaban J connectivity index is 1.40. The summed E-state index contributed by atoms with van der Waals surface area (Å²) in [6.45, 7) is 9.13. The second-order valence-corrected chi connectivity index (χ2v) is 11.3. The third-order valence-electron chi connectivity index (χ3n) is 8.30. The van der Waals surface area contributed by atoms with Gasteiger partial charge in [-0.15, -0.1) is 11.3 Å². The van der Waals surface area contributed by atoms with Crippen LogP contribution in [0.15, 0.2) is 30.3 Å². The van der Waals surface area contributed by atoms with Crippen LogP contribution in [-0.2, 0) is 16.0 Å². The molecule has 1 aromatic heterocycles. The quantitative estimate of drug-likeness (QED) is 0.749. The maximum Gasteiger partial charge on any atom is 0.225 e. The molecule has 2 aromatic rings. The van der Waals surface area contributed by atoms with E-state index in [1.807, 2.05) is 29.2 Å². The lowest BCUT2D eigenvalue weighted by Gasteiger charge is -2.53. The molecule has 6 atom stereocenters. The number of carbonyl (C=O) groups is 1. The van der Waals surface area contributed by atoms with Crippen molar-refractivity contribution in [1.82, 2.24) is 9.88 Å². The van der Waals surface area contributed by atoms with Gasteiger partial charge in [-0.3, -0.25) is 4.79 Å². The summed E-state index contributed by atoms with van der Waals surface area (Å²) in [6, 6.07) is 10.4. The lowest BCUT2D eigenvalue weighted by Crippen LogP contribution is -2.54. The van der Waals surface area contributed by atoms with Crippen molar-refractivity contribution in [2.45, 2.75) is 52.1 Å². The van der Waals surface area contributed by atoms with Crippen molar-refractivity contribution in [2.75, 3.05) is 26.3 Å². The molecule has 1 amide bonds. The third-order valence-corrected chi connectivity index (χ3v) is 9.42. The number of nitrogens with zero attached hydrogens (tertiary/aromatic N) is 2. The van der Waals surface area contributed by atoms with E-state index < -0.39 is 6.10 Å². The summed E-state index contributed by atoms with van der Waals surface area (Å²) in [4.78, 5) is 21.5. The Morgan fingerprint density at radius 1 is 1.28 bits per heavy atom. The fraction of sp³-hybridized carbons (Fsp3) is 0.615. The van der Waals surface area contributed by atoms with E-state index in [1.54, 1.807) is 0 Å². The van der Waals surface area contributed by atoms with E-state index in [1.165, 1.54) is 4.88 Å². The number of aliphatic hydroxyl groups excluding tert-OH is 1. The minimum atomic E-state index is -0.487. The summed E-state index contributed by atoms with van der Waals surface area (Å²) in [5.41, 5.74) is 2.36. The highest BCUT2D eigenvalue weighted by atomic mass is 32.1. The number of aromatic nitrogens is 1. The van der Waals surface area contributed by atoms with E-state index in [4.69, 9.17) is 9.72 Å². The summed E-state index contributed by atoms with van der Waals surface area (Å²) in [5.74, 6) is 0.307. The molecule has 6 heteroatoms. The normalized spacial score (nSPS) is 33.3. The van der Waals surface area contributed by atoms with Gasteiger partial charge in [-0.05, 0) is 36.5 Å². The molecular weight excluding hydrogens is 420 g/mol. The van der Waals surface area contributed by atoms with Crippen LogP contribution in [0.4, 0.5) is 0 Å². The van der Waals surface area contributed by atoms with Crippen molar-refractivity contribution in [3.05, 3.63) is 40.9 Å². The summed E-state index contributed by atoms with van der Waals surface area (Å²) in [5, 5.41) is 12.7. The molecule has 2 fully saturated rings. The Hall–Kier alpha value is -1.76. The number of rotatable bonds is 3. The van der Waals surface area contributed by atoms with Gasteiger partial charge in [-0.1, -0.05) is 51.1 Å². The molecule has 1 aromatic carbocycles. The second-order valence-electron chi connectivity index (χ2n) is 10.3. The van der Waals surface area contributed by atoms with Crippen molar-refractivity contribution >= 4 is 17.2 Å². The van der Waals surface area contributed by atoms with E-state index in [2.05, 4.69) is 38.1 Å². The van der Waals surface area contributed by atoms with Crippen molar-refractivity contribution in [3.63, 3.8) is 0 Å². The zero-order valence-corrected chi connectivity index (χ0v) is 20.1. The maximum absolute atomic E-state index is 13.2. The molecule has 2 heterocycles. The van der Waals surface area contributed by atoms with Gasteiger partial charge in [-0.2, -0.15) is 0 Å². The lowest BCUT2D eigenvalue weighted by atomic mass is 9.53. The van der Waals surface area contributed by atoms with Crippen LogP contribution in [0.5, 0.6) is 0 Å². The number of ether oxygens (including phenoxy) is 1. The number of aliphatic hydroxyl groups is 1. The van der Waals surface area contributed by atoms with Crippen molar-refractivity contribution in [1.29, 1.82) is 0 Å². The van der Waals surface area contributed by atoms with Crippen molar-refractivity contribution < 1.29 is 14.6 Å². The van der Waals surface area contributed by atoms with Crippen molar-refractivity contribution in [3.8, 4) is 10.6 Å². The van der Waals surface area contributed by atoms with Gasteiger partial charge in [0.2, 0.25) is 5.91 Å². The van der Waals surface area contributed by atoms with Gasteiger partial charge in [-0.25, -0.2) is 4.98 Å². The van der Waals surface area contributed by atoms with Crippen LogP contribution in [0.1, 0.15) is 50.1 Å². The first-order chi connectivity index (χ1) is 15.4. The molecule has 32 heavy (non-hydrogen) atoms. The highest BCUT2D eigenvalue weighted by Crippen LogP contribution is 2.57. The monoisotopic (exact) mass is 454 g/mol. The van der Waals surface area contributed by atoms with Crippen LogP contribution in [0, 0.1) is 23.2 Å². The molecule has 3 aliphatic rings. The van der Waals surface area contributed by atoms with Gasteiger partial charge in [0.15, 0.2) is 0 Å². The van der Waals surface area contributed by atoms with E-state index in [9.17, 15) is 9.90 Å². The predicted octanol–water partition coefficient (Wildman–Crippen LogP) is 4.36. The molecule has 0 unspecified atom stereocenters. The standard InChI is InChI=1S/C26H34N2O3S/c1-16(25(30)28-11-13-31-14-12-28)19-9-10-26(3)15-20-22(17(2)21(26)23(19)29)27-24(32-20)18-7-5-4-6-8-18/h4-8,16-17,19,21,23,29H,9-15H2,1-3H3/t16-,17+,19+,21+,23-,26+/m0/s1. The summed E-state index contributed by atoms with van der Waals surface area (Å²) >= 11 is 1.81. The molecule has 5 rings (SSSR count). The lowest BCUT2D eigenvalue weighted by molar-refractivity contribution is -0.148. The average Bonchev–Trinajstić information content (AvgIpc) is 3.23. The fourth-order valence-electron chi connectivity index (χ4n) is 6.51. The molecule has 2 aliphatic carbocycles. The fourth-order valence-corrected chi connectivity index (χ4v) is 7.87. The predicted molar refractivity (Wildman–Crippen MR) is 127 cm³/mol. The molecule has 1 saturated carbocycles. The van der Waals surface area contributed by atoms with Crippen LogP contribution in [0.2, 0.25) is 0 Å². The number of fused-ring (bicyclic) bond motifs is 2. The van der Waals surface area contributed by atoms with Gasteiger partial charge in [0, 0.05) is 35.4 Å². The summed E-state index contributed by atoms with van der Waals surface area (Å²) in [6.07, 6.45) is 2.43. The molecule has 1 aliphatic heterocycles. The largest absolute Gasteiger partial charge is 0.392 e. The number of benzene rings is 1. The first kappa shape index (κ1) is 22.1. The molecule has 172 valence electrons. The number of carbonyl (C=O) groups excluding carboxylic acids is 1. The minimum Gasteiger partial charge on any atom is -0.392 e. The minimum absolute atomic E-state index is 0.000325. The van der Waals surface area contributed by atoms with Crippen molar-refractivity contribution in [2.24, 2.45) is 23.2 Å². The maximum atomic E-state index is 13.2. The first-order valence-corrected chi connectivity index (χ1v) is 12.8. The van der Waals surface area contributed by atoms with Gasteiger partial charge < -0.3 is 14.7 Å². The number of thiazole rings is 1. The summed E-state index contributed by atoms with van der Waals surface area (Å²) < 4.78 is 5.41. The van der Waals surface area contributed by atoms with Crippen LogP contribution in [0.3, 0.4) is 0 Å². The molecule has 5 nitrogen and oxygen atoms in total. The molecule has 0 spiro atoms. The highest BCUT2D eigenvalue weighted by Gasteiger charge is 2.54. The van der Waals surface area contributed by atoms with Gasteiger partial charge in [0.25, 0.3) is 0 Å².